The summed E-state index contributed by atoms with van der Waals surface area (Å²) in [6, 6.07) is 9.13. The van der Waals surface area contributed by atoms with Crippen molar-refractivity contribution in [2.75, 3.05) is 24.2 Å². The maximum atomic E-state index is 8.84. The van der Waals surface area contributed by atoms with E-state index in [-0.39, 0.29) is 5.69 Å². The van der Waals surface area contributed by atoms with E-state index in [1.54, 1.807) is 24.3 Å². The van der Waals surface area contributed by atoms with Crippen molar-refractivity contribution in [3.63, 3.8) is 0 Å². The zero-order valence-electron chi connectivity index (χ0n) is 10.2. The molecule has 0 bridgehead atoms. The largest absolute Gasteiger partial charge is 0.492 e. The van der Waals surface area contributed by atoms with Gasteiger partial charge in [0.2, 0.25) is 0 Å². The standard InChI is InChI=1S/C13H13N5O/c14-9-12-13(17-6-5-16-12)18-7-8-19-11-3-1-10(15)2-4-11/h1-6H,7-8,15H2,(H,17,18). The molecule has 0 aliphatic carbocycles. The molecule has 6 nitrogen and oxygen atoms in total. The molecular weight excluding hydrogens is 242 g/mol. The van der Waals surface area contributed by atoms with E-state index in [9.17, 15) is 0 Å². The van der Waals surface area contributed by atoms with Crippen LogP contribution < -0.4 is 15.8 Å². The highest BCUT2D eigenvalue weighted by molar-refractivity contribution is 5.46. The summed E-state index contributed by atoms with van der Waals surface area (Å²) in [5, 5.41) is 11.8. The van der Waals surface area contributed by atoms with E-state index in [0.29, 0.717) is 24.7 Å². The van der Waals surface area contributed by atoms with Crippen LogP contribution in [0.2, 0.25) is 0 Å². The summed E-state index contributed by atoms with van der Waals surface area (Å²) < 4.78 is 5.51. The van der Waals surface area contributed by atoms with Gasteiger partial charge in [-0.25, -0.2) is 9.97 Å². The lowest BCUT2D eigenvalue weighted by molar-refractivity contribution is 0.333. The molecule has 3 N–H and O–H groups in total. The Hall–Kier alpha value is -2.81. The Balaban J connectivity index is 1.81. The van der Waals surface area contributed by atoms with Crippen LogP contribution in [0.15, 0.2) is 36.7 Å². The molecule has 0 fully saturated rings. The van der Waals surface area contributed by atoms with Crippen LogP contribution in [0.5, 0.6) is 5.75 Å². The normalized spacial score (nSPS) is 9.63. The second-order valence-corrected chi connectivity index (χ2v) is 3.71. The van der Waals surface area contributed by atoms with Gasteiger partial charge in [-0.1, -0.05) is 0 Å². The van der Waals surface area contributed by atoms with Crippen molar-refractivity contribution in [3.05, 3.63) is 42.4 Å². The van der Waals surface area contributed by atoms with Gasteiger partial charge in [-0.2, -0.15) is 5.26 Å². The number of anilines is 2. The minimum atomic E-state index is 0.273. The van der Waals surface area contributed by atoms with Gasteiger partial charge in [-0.15, -0.1) is 0 Å². The van der Waals surface area contributed by atoms with Crippen LogP contribution in [0, 0.1) is 11.3 Å². The predicted molar refractivity (Wildman–Crippen MR) is 71.6 cm³/mol. The van der Waals surface area contributed by atoms with E-state index < -0.39 is 0 Å². The fourth-order valence-electron chi connectivity index (χ4n) is 1.45. The average Bonchev–Trinajstić information content (AvgIpc) is 2.46. The first kappa shape index (κ1) is 12.6. The molecule has 6 heteroatoms. The molecule has 0 atom stereocenters. The van der Waals surface area contributed by atoms with Gasteiger partial charge in [0.1, 0.15) is 18.4 Å². The molecule has 0 amide bonds. The molecule has 0 aliphatic rings. The molecule has 0 radical (unpaired) electrons. The van der Waals surface area contributed by atoms with Gasteiger partial charge in [0.05, 0.1) is 6.54 Å². The quantitative estimate of drug-likeness (QED) is 0.619. The maximum absolute atomic E-state index is 8.84. The van der Waals surface area contributed by atoms with Gasteiger partial charge in [0, 0.05) is 18.1 Å². The number of ether oxygens (including phenoxy) is 1. The number of nitrogen functional groups attached to an aromatic ring is 1. The van der Waals surface area contributed by atoms with E-state index in [1.165, 1.54) is 12.4 Å². The van der Waals surface area contributed by atoms with Crippen molar-refractivity contribution in [2.24, 2.45) is 0 Å². The summed E-state index contributed by atoms with van der Waals surface area (Å²) >= 11 is 0. The summed E-state index contributed by atoms with van der Waals surface area (Å²) in [6.45, 7) is 0.975. The second kappa shape index (κ2) is 6.21. The van der Waals surface area contributed by atoms with E-state index in [2.05, 4.69) is 15.3 Å². The molecule has 19 heavy (non-hydrogen) atoms. The SMILES string of the molecule is N#Cc1nccnc1NCCOc1ccc(N)cc1. The van der Waals surface area contributed by atoms with Crippen molar-refractivity contribution in [3.8, 4) is 11.8 Å². The van der Waals surface area contributed by atoms with Crippen molar-refractivity contribution in [1.29, 1.82) is 5.26 Å². The summed E-state index contributed by atoms with van der Waals surface area (Å²) in [6.07, 6.45) is 3.01. The zero-order chi connectivity index (χ0) is 13.5. The lowest BCUT2D eigenvalue weighted by Gasteiger charge is -2.08. The minimum Gasteiger partial charge on any atom is -0.492 e. The van der Waals surface area contributed by atoms with Crippen LogP contribution in [0.25, 0.3) is 0 Å². The van der Waals surface area contributed by atoms with Crippen LogP contribution in [0.3, 0.4) is 0 Å². The fourth-order valence-corrected chi connectivity index (χ4v) is 1.45. The Morgan fingerprint density at radius 1 is 1.21 bits per heavy atom. The number of aromatic nitrogens is 2. The van der Waals surface area contributed by atoms with E-state index >= 15 is 0 Å². The molecule has 96 valence electrons. The first-order valence-corrected chi connectivity index (χ1v) is 5.73. The zero-order valence-corrected chi connectivity index (χ0v) is 10.2. The first-order valence-electron chi connectivity index (χ1n) is 5.73. The third kappa shape index (κ3) is 3.57. The molecule has 0 spiro atoms. The Labute approximate surface area is 110 Å². The van der Waals surface area contributed by atoms with Gasteiger partial charge in [0.25, 0.3) is 0 Å². The summed E-state index contributed by atoms with van der Waals surface area (Å²) in [5.74, 6) is 1.21. The molecule has 0 saturated carbocycles. The fraction of sp³-hybridized carbons (Fsp3) is 0.154. The topological polar surface area (TPSA) is 96.8 Å². The Kier molecular flexibility index (Phi) is 4.13. The number of nitrogens with two attached hydrogens (primary N) is 1. The third-order valence-corrected chi connectivity index (χ3v) is 2.35. The number of nitrogens with zero attached hydrogens (tertiary/aromatic N) is 3. The van der Waals surface area contributed by atoms with Gasteiger partial charge < -0.3 is 15.8 Å². The molecule has 1 aromatic carbocycles. The van der Waals surface area contributed by atoms with Gasteiger partial charge in [-0.3, -0.25) is 0 Å². The van der Waals surface area contributed by atoms with Gasteiger partial charge in [-0.05, 0) is 24.3 Å². The number of nitrogens with one attached hydrogen (secondary N) is 1. The number of hydrogen-bond acceptors (Lipinski definition) is 6. The molecule has 0 unspecified atom stereocenters. The summed E-state index contributed by atoms with van der Waals surface area (Å²) in [4.78, 5) is 7.94. The molecule has 0 aliphatic heterocycles. The van der Waals surface area contributed by atoms with Gasteiger partial charge >= 0.3 is 0 Å². The molecule has 2 aromatic rings. The van der Waals surface area contributed by atoms with Crippen LogP contribution >= 0.6 is 0 Å². The second-order valence-electron chi connectivity index (χ2n) is 3.71. The van der Waals surface area contributed by atoms with E-state index in [1.807, 2.05) is 6.07 Å². The smallest absolute Gasteiger partial charge is 0.182 e. The monoisotopic (exact) mass is 255 g/mol. The van der Waals surface area contributed by atoms with Crippen molar-refractivity contribution in [2.45, 2.75) is 0 Å². The number of benzene rings is 1. The highest BCUT2D eigenvalue weighted by atomic mass is 16.5. The van der Waals surface area contributed by atoms with Crippen LogP contribution in [0.4, 0.5) is 11.5 Å². The maximum Gasteiger partial charge on any atom is 0.182 e. The summed E-state index contributed by atoms with van der Waals surface area (Å²) in [5.41, 5.74) is 6.55. The molecular formula is C13H13N5O. The number of rotatable bonds is 5. The Morgan fingerprint density at radius 3 is 2.68 bits per heavy atom. The molecule has 1 aromatic heterocycles. The van der Waals surface area contributed by atoms with Crippen LogP contribution in [-0.2, 0) is 0 Å². The molecule has 0 saturated heterocycles. The Morgan fingerprint density at radius 2 is 1.95 bits per heavy atom. The number of nitriles is 1. The molecule has 1 heterocycles. The van der Waals surface area contributed by atoms with E-state index in [0.717, 1.165) is 5.75 Å². The lowest BCUT2D eigenvalue weighted by atomic mass is 10.3. The van der Waals surface area contributed by atoms with Crippen molar-refractivity contribution < 1.29 is 4.74 Å². The highest BCUT2D eigenvalue weighted by Gasteiger charge is 2.02. The summed E-state index contributed by atoms with van der Waals surface area (Å²) in [7, 11) is 0. The Bertz CT molecular complexity index is 576. The van der Waals surface area contributed by atoms with Gasteiger partial charge in [0.15, 0.2) is 11.5 Å². The lowest BCUT2D eigenvalue weighted by Crippen LogP contribution is -2.13. The predicted octanol–water partition coefficient (Wildman–Crippen LogP) is 1.42. The van der Waals surface area contributed by atoms with Crippen molar-refractivity contribution in [1.82, 2.24) is 9.97 Å². The average molecular weight is 255 g/mol. The van der Waals surface area contributed by atoms with E-state index in [4.69, 9.17) is 15.7 Å². The number of hydrogen-bond donors (Lipinski definition) is 2. The first-order chi connectivity index (χ1) is 9.29. The third-order valence-electron chi connectivity index (χ3n) is 2.35. The van der Waals surface area contributed by atoms with Crippen LogP contribution in [0.1, 0.15) is 5.69 Å². The highest BCUT2D eigenvalue weighted by Crippen LogP contribution is 2.13. The molecule has 2 rings (SSSR count). The van der Waals surface area contributed by atoms with Crippen LogP contribution in [-0.4, -0.2) is 23.1 Å². The van der Waals surface area contributed by atoms with Crippen molar-refractivity contribution >= 4 is 11.5 Å². The minimum absolute atomic E-state index is 0.273.